The van der Waals surface area contributed by atoms with E-state index in [9.17, 15) is 4.79 Å². The SMILES string of the molecule is CCOCc1nc2c(N)nc3cc(OC4CCN(C(=O)O)CC4)ccc3c2n1CC1COC(C)(C)O1. The Kier molecular flexibility index (Phi) is 6.62. The van der Waals surface area contributed by atoms with Crippen molar-refractivity contribution in [3.8, 4) is 5.75 Å². The van der Waals surface area contributed by atoms with Crippen LogP contribution in [0, 0.1) is 0 Å². The monoisotopic (exact) mass is 499 g/mol. The van der Waals surface area contributed by atoms with Gasteiger partial charge in [-0.2, -0.15) is 0 Å². The van der Waals surface area contributed by atoms with Crippen molar-refractivity contribution < 1.29 is 28.8 Å². The summed E-state index contributed by atoms with van der Waals surface area (Å²) in [6.07, 6.45) is 0.214. The number of imidazole rings is 1. The molecule has 0 bridgehead atoms. The number of ether oxygens (including phenoxy) is 4. The zero-order valence-electron chi connectivity index (χ0n) is 20.9. The van der Waals surface area contributed by atoms with Gasteiger partial charge < -0.3 is 39.3 Å². The van der Waals surface area contributed by atoms with E-state index in [-0.39, 0.29) is 12.2 Å². The molecule has 1 amide bonds. The Morgan fingerprint density at radius 1 is 1.28 bits per heavy atom. The van der Waals surface area contributed by atoms with Crippen molar-refractivity contribution >= 4 is 33.8 Å². The molecule has 5 rings (SSSR count). The minimum Gasteiger partial charge on any atom is -0.490 e. The molecule has 0 saturated carbocycles. The first-order chi connectivity index (χ1) is 17.2. The molecule has 0 radical (unpaired) electrons. The standard InChI is InChI=1S/C25H33N5O6/c1-4-33-14-20-28-21-22(30(20)12-17-13-34-25(2,3)36-17)18-6-5-16(11-19(18)27-23(21)26)35-15-7-9-29(10-8-15)24(31)32/h5-6,11,15,17H,4,7-10,12-14H2,1-3H3,(H2,26,27)(H,31,32). The van der Waals surface area contributed by atoms with Gasteiger partial charge in [-0.25, -0.2) is 14.8 Å². The Hall–Kier alpha value is -3.15. The van der Waals surface area contributed by atoms with E-state index in [1.807, 2.05) is 39.0 Å². The van der Waals surface area contributed by atoms with Crippen LogP contribution in [0.4, 0.5) is 10.6 Å². The molecule has 2 aliphatic rings. The molecule has 1 aromatic carbocycles. The lowest BCUT2D eigenvalue weighted by molar-refractivity contribution is -0.139. The molecule has 1 atom stereocenters. The largest absolute Gasteiger partial charge is 0.490 e. The number of carbonyl (C=O) groups is 1. The van der Waals surface area contributed by atoms with Crippen LogP contribution in [0.15, 0.2) is 18.2 Å². The number of carboxylic acid groups (broad SMARTS) is 1. The average molecular weight is 500 g/mol. The highest BCUT2D eigenvalue weighted by molar-refractivity contribution is 6.07. The van der Waals surface area contributed by atoms with Gasteiger partial charge in [0.15, 0.2) is 11.6 Å². The molecule has 36 heavy (non-hydrogen) atoms. The van der Waals surface area contributed by atoms with Crippen molar-refractivity contribution in [3.63, 3.8) is 0 Å². The highest BCUT2D eigenvalue weighted by Gasteiger charge is 2.34. The molecule has 2 saturated heterocycles. The predicted octanol–water partition coefficient (Wildman–Crippen LogP) is 3.38. The normalized spacial score (nSPS) is 20.4. The van der Waals surface area contributed by atoms with Crippen LogP contribution in [-0.2, 0) is 27.4 Å². The topological polar surface area (TPSA) is 134 Å². The summed E-state index contributed by atoms with van der Waals surface area (Å²) < 4.78 is 25.8. The summed E-state index contributed by atoms with van der Waals surface area (Å²) in [4.78, 5) is 22.0. The van der Waals surface area contributed by atoms with E-state index in [0.717, 1.165) is 16.7 Å². The molecule has 0 aliphatic carbocycles. The summed E-state index contributed by atoms with van der Waals surface area (Å²) in [6.45, 7) is 8.63. The van der Waals surface area contributed by atoms with E-state index in [1.165, 1.54) is 4.90 Å². The lowest BCUT2D eigenvalue weighted by atomic mass is 10.1. The van der Waals surface area contributed by atoms with Crippen LogP contribution in [-0.4, -0.2) is 74.9 Å². The van der Waals surface area contributed by atoms with Gasteiger partial charge >= 0.3 is 6.09 Å². The summed E-state index contributed by atoms with van der Waals surface area (Å²) in [6, 6.07) is 5.78. The number of hydrogen-bond acceptors (Lipinski definition) is 8. The minimum absolute atomic E-state index is 0.0506. The molecule has 11 nitrogen and oxygen atoms in total. The van der Waals surface area contributed by atoms with E-state index >= 15 is 0 Å². The highest BCUT2D eigenvalue weighted by Crippen LogP contribution is 2.33. The predicted molar refractivity (Wildman–Crippen MR) is 133 cm³/mol. The number of hydrogen-bond donors (Lipinski definition) is 2. The van der Waals surface area contributed by atoms with Crippen LogP contribution in [0.2, 0.25) is 0 Å². The lowest BCUT2D eigenvalue weighted by Crippen LogP contribution is -2.41. The number of fused-ring (bicyclic) bond motifs is 3. The van der Waals surface area contributed by atoms with Crippen LogP contribution in [0.1, 0.15) is 39.4 Å². The number of aromatic nitrogens is 3. The number of amides is 1. The first-order valence-corrected chi connectivity index (χ1v) is 12.4. The Balaban J connectivity index is 1.48. The van der Waals surface area contributed by atoms with Crippen molar-refractivity contribution in [2.45, 2.75) is 64.8 Å². The highest BCUT2D eigenvalue weighted by atomic mass is 16.7. The second kappa shape index (κ2) is 9.72. The number of likely N-dealkylation sites (tertiary alicyclic amines) is 1. The number of nitrogens with zero attached hydrogens (tertiary/aromatic N) is 4. The van der Waals surface area contributed by atoms with Gasteiger partial charge in [-0.1, -0.05) is 0 Å². The maximum Gasteiger partial charge on any atom is 0.407 e. The first kappa shape index (κ1) is 24.5. The number of rotatable bonds is 7. The van der Waals surface area contributed by atoms with Gasteiger partial charge in [0, 0.05) is 44.0 Å². The number of benzene rings is 1. The number of pyridine rings is 1. The van der Waals surface area contributed by atoms with Crippen LogP contribution in [0.5, 0.6) is 5.75 Å². The molecule has 2 fully saturated rings. The molecule has 1 unspecified atom stereocenters. The van der Waals surface area contributed by atoms with Crippen LogP contribution < -0.4 is 10.5 Å². The van der Waals surface area contributed by atoms with Crippen LogP contribution >= 0.6 is 0 Å². The third kappa shape index (κ3) is 4.91. The fourth-order valence-corrected chi connectivity index (χ4v) is 4.93. The van der Waals surface area contributed by atoms with Gasteiger partial charge in [0.2, 0.25) is 0 Å². The Bertz CT molecular complexity index is 1270. The number of nitrogens with two attached hydrogens (primary N) is 1. The van der Waals surface area contributed by atoms with Crippen LogP contribution in [0.25, 0.3) is 21.9 Å². The molecular weight excluding hydrogens is 466 g/mol. The molecule has 2 aromatic heterocycles. The van der Waals surface area contributed by atoms with Gasteiger partial charge in [-0.15, -0.1) is 0 Å². The third-order valence-corrected chi connectivity index (χ3v) is 6.66. The number of anilines is 1. The summed E-state index contributed by atoms with van der Waals surface area (Å²) in [7, 11) is 0. The van der Waals surface area contributed by atoms with Crippen molar-refractivity contribution in [3.05, 3.63) is 24.0 Å². The zero-order chi connectivity index (χ0) is 25.4. The molecule has 194 valence electrons. The molecule has 3 N–H and O–H groups in total. The van der Waals surface area contributed by atoms with Gasteiger partial charge in [0.05, 0.1) is 24.2 Å². The van der Waals surface area contributed by atoms with Crippen molar-refractivity contribution in [1.82, 2.24) is 19.4 Å². The van der Waals surface area contributed by atoms with Gasteiger partial charge in [0.1, 0.15) is 35.9 Å². The summed E-state index contributed by atoms with van der Waals surface area (Å²) in [5, 5.41) is 10.1. The second-order valence-corrected chi connectivity index (χ2v) is 9.69. The van der Waals surface area contributed by atoms with Gasteiger partial charge in [-0.05, 0) is 32.9 Å². The first-order valence-electron chi connectivity index (χ1n) is 12.4. The smallest absolute Gasteiger partial charge is 0.407 e. The summed E-state index contributed by atoms with van der Waals surface area (Å²) >= 11 is 0. The molecule has 3 aromatic rings. The van der Waals surface area contributed by atoms with E-state index in [0.29, 0.717) is 74.9 Å². The molecule has 2 aliphatic heterocycles. The second-order valence-electron chi connectivity index (χ2n) is 9.69. The Labute approximate surface area is 209 Å². The molecule has 11 heteroatoms. The van der Waals surface area contributed by atoms with E-state index in [2.05, 4.69) is 9.55 Å². The molecule has 0 spiro atoms. The fourth-order valence-electron chi connectivity index (χ4n) is 4.93. The summed E-state index contributed by atoms with van der Waals surface area (Å²) in [5.74, 6) is 1.14. The lowest BCUT2D eigenvalue weighted by Gasteiger charge is -2.30. The average Bonchev–Trinajstić information content (AvgIpc) is 3.38. The van der Waals surface area contributed by atoms with Crippen molar-refractivity contribution in [2.24, 2.45) is 0 Å². The van der Waals surface area contributed by atoms with Crippen LogP contribution in [0.3, 0.4) is 0 Å². The molecule has 4 heterocycles. The van der Waals surface area contributed by atoms with Crippen molar-refractivity contribution in [1.29, 1.82) is 0 Å². The molecular formula is C25H33N5O6. The van der Waals surface area contributed by atoms with Gasteiger partial charge in [0.25, 0.3) is 0 Å². The fraction of sp³-hybridized carbons (Fsp3) is 0.560. The van der Waals surface area contributed by atoms with Gasteiger partial charge in [-0.3, -0.25) is 0 Å². The van der Waals surface area contributed by atoms with E-state index < -0.39 is 11.9 Å². The Morgan fingerprint density at radius 2 is 2.06 bits per heavy atom. The maximum absolute atomic E-state index is 11.2. The number of piperidine rings is 1. The Morgan fingerprint density at radius 3 is 2.72 bits per heavy atom. The maximum atomic E-state index is 11.2. The quantitative estimate of drug-likeness (QED) is 0.502. The van der Waals surface area contributed by atoms with Crippen molar-refractivity contribution in [2.75, 3.05) is 32.0 Å². The number of nitrogen functional groups attached to an aromatic ring is 1. The summed E-state index contributed by atoms with van der Waals surface area (Å²) in [5.41, 5.74) is 8.59. The third-order valence-electron chi connectivity index (χ3n) is 6.66. The van der Waals surface area contributed by atoms with E-state index in [1.54, 1.807) is 0 Å². The minimum atomic E-state index is -0.888. The van der Waals surface area contributed by atoms with E-state index in [4.69, 9.17) is 34.8 Å². The zero-order valence-corrected chi connectivity index (χ0v) is 20.9.